The fraction of sp³-hybridized carbons (Fsp3) is 0.417. The van der Waals surface area contributed by atoms with Gasteiger partial charge in [0.2, 0.25) is 0 Å². The summed E-state index contributed by atoms with van der Waals surface area (Å²) in [5.74, 6) is -1.75. The SMILES string of the molecule is O=C(O)c1ccc(NCC2CCS(=O)(=O)C2)cc1F. The smallest absolute Gasteiger partial charge is 0.338 e. The third-order valence-electron chi connectivity index (χ3n) is 3.12. The van der Waals surface area contributed by atoms with Crippen molar-refractivity contribution in [3.8, 4) is 0 Å². The molecule has 1 atom stereocenters. The van der Waals surface area contributed by atoms with E-state index in [-0.39, 0.29) is 23.0 Å². The molecule has 1 fully saturated rings. The van der Waals surface area contributed by atoms with Gasteiger partial charge in [0.05, 0.1) is 17.1 Å². The average molecular weight is 287 g/mol. The molecule has 1 aromatic carbocycles. The molecule has 1 saturated heterocycles. The van der Waals surface area contributed by atoms with Crippen molar-refractivity contribution in [3.05, 3.63) is 29.6 Å². The Kier molecular flexibility index (Phi) is 3.75. The van der Waals surface area contributed by atoms with E-state index in [2.05, 4.69) is 5.32 Å². The zero-order valence-corrected chi connectivity index (χ0v) is 10.9. The Bertz CT molecular complexity index is 600. The molecule has 0 aromatic heterocycles. The van der Waals surface area contributed by atoms with Crippen LogP contribution in [0, 0.1) is 11.7 Å². The van der Waals surface area contributed by atoms with Crippen LogP contribution < -0.4 is 5.32 Å². The molecule has 1 aromatic rings. The highest BCUT2D eigenvalue weighted by molar-refractivity contribution is 7.91. The van der Waals surface area contributed by atoms with E-state index in [0.29, 0.717) is 18.7 Å². The molecule has 0 bridgehead atoms. The first-order valence-electron chi connectivity index (χ1n) is 5.84. The summed E-state index contributed by atoms with van der Waals surface area (Å²) in [7, 11) is -2.92. The van der Waals surface area contributed by atoms with Crippen molar-refractivity contribution in [2.75, 3.05) is 23.4 Å². The molecule has 1 aliphatic rings. The van der Waals surface area contributed by atoms with Crippen molar-refractivity contribution in [2.24, 2.45) is 5.92 Å². The van der Waals surface area contributed by atoms with E-state index in [0.717, 1.165) is 6.07 Å². The number of carbonyl (C=O) groups is 1. The summed E-state index contributed by atoms with van der Waals surface area (Å²) in [6.45, 7) is 0.436. The van der Waals surface area contributed by atoms with Crippen LogP contribution in [0.25, 0.3) is 0 Å². The lowest BCUT2D eigenvalue weighted by molar-refractivity contribution is 0.0692. The number of halogens is 1. The van der Waals surface area contributed by atoms with Gasteiger partial charge in [0, 0.05) is 12.2 Å². The van der Waals surface area contributed by atoms with Crippen LogP contribution in [0.1, 0.15) is 16.8 Å². The minimum atomic E-state index is -2.92. The minimum absolute atomic E-state index is 0.0206. The first-order valence-corrected chi connectivity index (χ1v) is 7.67. The third-order valence-corrected chi connectivity index (χ3v) is 4.96. The third kappa shape index (κ3) is 3.44. The first-order chi connectivity index (χ1) is 8.87. The number of aromatic carboxylic acids is 1. The molecule has 0 saturated carbocycles. The van der Waals surface area contributed by atoms with Crippen LogP contribution in [0.2, 0.25) is 0 Å². The monoisotopic (exact) mass is 287 g/mol. The van der Waals surface area contributed by atoms with E-state index >= 15 is 0 Å². The Hall–Kier alpha value is -1.63. The van der Waals surface area contributed by atoms with E-state index in [1.165, 1.54) is 12.1 Å². The molecule has 1 heterocycles. The van der Waals surface area contributed by atoms with Crippen LogP contribution in [-0.2, 0) is 9.84 Å². The quantitative estimate of drug-likeness (QED) is 0.874. The van der Waals surface area contributed by atoms with Gasteiger partial charge in [0.15, 0.2) is 9.84 Å². The number of benzene rings is 1. The molecule has 0 amide bonds. The van der Waals surface area contributed by atoms with Gasteiger partial charge < -0.3 is 10.4 Å². The standard InChI is InChI=1S/C12H14FNO4S/c13-11-5-9(1-2-10(11)12(15)16)14-6-8-3-4-19(17,18)7-8/h1-2,5,8,14H,3-4,6-7H2,(H,15,16). The van der Waals surface area contributed by atoms with Crippen molar-refractivity contribution >= 4 is 21.5 Å². The lowest BCUT2D eigenvalue weighted by atomic mass is 10.1. The summed E-state index contributed by atoms with van der Waals surface area (Å²) < 4.78 is 36.0. The number of anilines is 1. The van der Waals surface area contributed by atoms with Crippen LogP contribution in [0.3, 0.4) is 0 Å². The summed E-state index contributed by atoms with van der Waals surface area (Å²) >= 11 is 0. The maximum atomic E-state index is 13.4. The Morgan fingerprint density at radius 2 is 2.21 bits per heavy atom. The van der Waals surface area contributed by atoms with Gasteiger partial charge in [-0.05, 0) is 30.5 Å². The van der Waals surface area contributed by atoms with Gasteiger partial charge in [-0.1, -0.05) is 0 Å². The van der Waals surface area contributed by atoms with Gasteiger partial charge in [-0.2, -0.15) is 0 Å². The molecular weight excluding hydrogens is 273 g/mol. The second-order valence-corrected chi connectivity index (χ2v) is 6.88. The predicted octanol–water partition coefficient (Wildman–Crippen LogP) is 1.37. The van der Waals surface area contributed by atoms with Crippen LogP contribution in [0.15, 0.2) is 18.2 Å². The maximum absolute atomic E-state index is 13.4. The normalized spacial score (nSPS) is 21.2. The first kappa shape index (κ1) is 13.8. The number of carboxylic acids is 1. The Balaban J connectivity index is 1.97. The molecule has 1 unspecified atom stereocenters. The number of carboxylic acid groups (broad SMARTS) is 1. The van der Waals surface area contributed by atoms with Crippen LogP contribution in [-0.4, -0.2) is 37.5 Å². The summed E-state index contributed by atoms with van der Waals surface area (Å²) in [6, 6.07) is 3.76. The highest BCUT2D eigenvalue weighted by Gasteiger charge is 2.27. The molecule has 0 spiro atoms. The fourth-order valence-electron chi connectivity index (χ4n) is 2.09. The summed E-state index contributed by atoms with van der Waals surface area (Å²) in [5.41, 5.74) is 0.0702. The van der Waals surface area contributed by atoms with Crippen LogP contribution in [0.4, 0.5) is 10.1 Å². The number of nitrogens with one attached hydrogen (secondary N) is 1. The molecule has 2 N–H and O–H groups in total. The van der Waals surface area contributed by atoms with Crippen molar-refractivity contribution in [1.82, 2.24) is 0 Å². The van der Waals surface area contributed by atoms with Crippen LogP contribution in [0.5, 0.6) is 0 Å². The predicted molar refractivity (Wildman–Crippen MR) is 68.6 cm³/mol. The maximum Gasteiger partial charge on any atom is 0.338 e. The van der Waals surface area contributed by atoms with Crippen molar-refractivity contribution in [2.45, 2.75) is 6.42 Å². The molecule has 104 valence electrons. The topological polar surface area (TPSA) is 83.5 Å². The second kappa shape index (κ2) is 5.16. The van der Waals surface area contributed by atoms with Gasteiger partial charge >= 0.3 is 5.97 Å². The van der Waals surface area contributed by atoms with E-state index in [1.54, 1.807) is 0 Å². The molecular formula is C12H14FNO4S. The summed E-state index contributed by atoms with van der Waals surface area (Å²) in [5, 5.41) is 11.6. The number of sulfone groups is 1. The van der Waals surface area contributed by atoms with Gasteiger partial charge in [-0.3, -0.25) is 0 Å². The fourth-order valence-corrected chi connectivity index (χ4v) is 3.96. The Morgan fingerprint density at radius 3 is 2.74 bits per heavy atom. The Labute approximate surface area is 110 Å². The molecule has 19 heavy (non-hydrogen) atoms. The highest BCUT2D eigenvalue weighted by atomic mass is 32.2. The van der Waals surface area contributed by atoms with E-state index in [1.807, 2.05) is 0 Å². The molecule has 0 aliphatic carbocycles. The second-order valence-electron chi connectivity index (χ2n) is 4.65. The number of hydrogen-bond acceptors (Lipinski definition) is 4. The Morgan fingerprint density at radius 1 is 1.47 bits per heavy atom. The minimum Gasteiger partial charge on any atom is -0.478 e. The van der Waals surface area contributed by atoms with E-state index in [9.17, 15) is 17.6 Å². The van der Waals surface area contributed by atoms with E-state index < -0.39 is 21.6 Å². The summed E-state index contributed by atoms with van der Waals surface area (Å²) in [6.07, 6.45) is 0.602. The van der Waals surface area contributed by atoms with E-state index in [4.69, 9.17) is 5.11 Å². The molecule has 0 radical (unpaired) electrons. The lowest BCUT2D eigenvalue weighted by Gasteiger charge is -2.11. The summed E-state index contributed by atoms with van der Waals surface area (Å²) in [4.78, 5) is 10.6. The molecule has 5 nitrogen and oxygen atoms in total. The van der Waals surface area contributed by atoms with Gasteiger partial charge in [0.1, 0.15) is 5.82 Å². The van der Waals surface area contributed by atoms with Crippen molar-refractivity contribution < 1.29 is 22.7 Å². The zero-order chi connectivity index (χ0) is 14.0. The largest absolute Gasteiger partial charge is 0.478 e. The van der Waals surface area contributed by atoms with Gasteiger partial charge in [0.25, 0.3) is 0 Å². The molecule has 2 rings (SSSR count). The van der Waals surface area contributed by atoms with Gasteiger partial charge in [-0.15, -0.1) is 0 Å². The van der Waals surface area contributed by atoms with Crippen molar-refractivity contribution in [1.29, 1.82) is 0 Å². The van der Waals surface area contributed by atoms with Crippen LogP contribution >= 0.6 is 0 Å². The molecule has 7 heteroatoms. The highest BCUT2D eigenvalue weighted by Crippen LogP contribution is 2.20. The average Bonchev–Trinajstić information content (AvgIpc) is 2.66. The lowest BCUT2D eigenvalue weighted by Crippen LogP contribution is -2.15. The van der Waals surface area contributed by atoms with Crippen molar-refractivity contribution in [3.63, 3.8) is 0 Å². The number of rotatable bonds is 4. The van der Waals surface area contributed by atoms with Gasteiger partial charge in [-0.25, -0.2) is 17.6 Å². The molecule has 1 aliphatic heterocycles. The zero-order valence-electron chi connectivity index (χ0n) is 10.1. The number of hydrogen-bond donors (Lipinski definition) is 2.